The van der Waals surface area contributed by atoms with E-state index in [0.29, 0.717) is 27.1 Å². The standard InChI is InChI=1S/C20H13Cl2N3O/c21-15-9-7-13(8-10-15)18-19(25-11-2-1-6-17(25)23-18)24-20(26)14-4-3-5-16(22)12-14/h1-12H,(H,24,26). The van der Waals surface area contributed by atoms with Gasteiger partial charge in [-0.2, -0.15) is 0 Å². The Balaban J connectivity index is 1.81. The molecule has 0 saturated carbocycles. The zero-order valence-corrected chi connectivity index (χ0v) is 15.0. The summed E-state index contributed by atoms with van der Waals surface area (Å²) < 4.78 is 1.84. The van der Waals surface area contributed by atoms with Gasteiger partial charge in [-0.25, -0.2) is 4.98 Å². The van der Waals surface area contributed by atoms with Gasteiger partial charge < -0.3 is 5.32 Å². The highest BCUT2D eigenvalue weighted by atomic mass is 35.5. The average molecular weight is 382 g/mol. The molecule has 2 aromatic carbocycles. The molecule has 0 saturated heterocycles. The van der Waals surface area contributed by atoms with Crippen molar-refractivity contribution in [2.75, 3.05) is 5.32 Å². The monoisotopic (exact) mass is 381 g/mol. The molecule has 26 heavy (non-hydrogen) atoms. The number of aromatic nitrogens is 2. The number of hydrogen-bond donors (Lipinski definition) is 1. The van der Waals surface area contributed by atoms with Crippen LogP contribution in [0.15, 0.2) is 72.9 Å². The predicted molar refractivity (Wildman–Crippen MR) is 105 cm³/mol. The third-order valence-electron chi connectivity index (χ3n) is 3.97. The molecular formula is C20H13Cl2N3O. The Hall–Kier alpha value is -2.82. The highest BCUT2D eigenvalue weighted by Gasteiger charge is 2.17. The van der Waals surface area contributed by atoms with Gasteiger partial charge in [0.05, 0.1) is 0 Å². The molecular weight excluding hydrogens is 369 g/mol. The molecule has 0 unspecified atom stereocenters. The summed E-state index contributed by atoms with van der Waals surface area (Å²) in [5.41, 5.74) is 2.74. The van der Waals surface area contributed by atoms with Crippen molar-refractivity contribution < 1.29 is 4.79 Å². The summed E-state index contributed by atoms with van der Waals surface area (Å²) in [5, 5.41) is 4.11. The van der Waals surface area contributed by atoms with E-state index in [2.05, 4.69) is 10.3 Å². The Kier molecular flexibility index (Phi) is 4.37. The molecule has 0 aliphatic rings. The minimum absolute atomic E-state index is 0.256. The molecule has 0 fully saturated rings. The number of nitrogens with zero attached hydrogens (tertiary/aromatic N) is 2. The second-order valence-corrected chi connectivity index (χ2v) is 6.58. The maximum atomic E-state index is 12.7. The number of rotatable bonds is 3. The Morgan fingerprint density at radius 1 is 0.923 bits per heavy atom. The fraction of sp³-hybridized carbons (Fsp3) is 0. The minimum atomic E-state index is -0.256. The summed E-state index contributed by atoms with van der Waals surface area (Å²) in [5.74, 6) is 0.335. The fourth-order valence-corrected chi connectivity index (χ4v) is 3.05. The van der Waals surface area contributed by atoms with Crippen LogP contribution < -0.4 is 5.32 Å². The van der Waals surface area contributed by atoms with Gasteiger partial charge in [-0.3, -0.25) is 9.20 Å². The van der Waals surface area contributed by atoms with Gasteiger partial charge in [-0.15, -0.1) is 0 Å². The van der Waals surface area contributed by atoms with E-state index < -0.39 is 0 Å². The molecule has 4 nitrogen and oxygen atoms in total. The third kappa shape index (κ3) is 3.17. The number of halogens is 2. The van der Waals surface area contributed by atoms with Gasteiger partial charge in [0.15, 0.2) is 0 Å². The normalized spacial score (nSPS) is 10.8. The van der Waals surface area contributed by atoms with Crippen molar-refractivity contribution in [3.8, 4) is 11.3 Å². The van der Waals surface area contributed by atoms with Crippen molar-refractivity contribution in [3.63, 3.8) is 0 Å². The number of pyridine rings is 1. The molecule has 2 heterocycles. The largest absolute Gasteiger partial charge is 0.306 e. The molecule has 1 N–H and O–H groups in total. The summed E-state index contributed by atoms with van der Waals surface area (Å²) in [4.78, 5) is 17.4. The van der Waals surface area contributed by atoms with Gasteiger partial charge in [0, 0.05) is 27.4 Å². The first kappa shape index (κ1) is 16.6. The lowest BCUT2D eigenvalue weighted by molar-refractivity contribution is 0.102. The molecule has 4 rings (SSSR count). The lowest BCUT2D eigenvalue weighted by Gasteiger charge is -2.08. The van der Waals surface area contributed by atoms with Crippen LogP contribution >= 0.6 is 23.2 Å². The number of carbonyl (C=O) groups is 1. The number of hydrogen-bond acceptors (Lipinski definition) is 2. The van der Waals surface area contributed by atoms with Crippen LogP contribution in [-0.4, -0.2) is 15.3 Å². The lowest BCUT2D eigenvalue weighted by Crippen LogP contribution is -2.14. The molecule has 4 aromatic rings. The van der Waals surface area contributed by atoms with E-state index in [1.807, 2.05) is 40.9 Å². The molecule has 0 bridgehead atoms. The Morgan fingerprint density at radius 2 is 1.73 bits per heavy atom. The van der Waals surface area contributed by atoms with Crippen molar-refractivity contribution in [1.82, 2.24) is 9.38 Å². The number of amides is 1. The van der Waals surface area contributed by atoms with Crippen LogP contribution in [0.1, 0.15) is 10.4 Å². The quantitative estimate of drug-likeness (QED) is 0.504. The number of fused-ring (bicyclic) bond motifs is 1. The van der Waals surface area contributed by atoms with Crippen LogP contribution in [0.2, 0.25) is 10.0 Å². The van der Waals surface area contributed by atoms with Crippen LogP contribution in [0.3, 0.4) is 0 Å². The number of imidazole rings is 1. The predicted octanol–water partition coefficient (Wildman–Crippen LogP) is 5.56. The molecule has 0 aliphatic heterocycles. The fourth-order valence-electron chi connectivity index (χ4n) is 2.73. The van der Waals surface area contributed by atoms with E-state index in [0.717, 1.165) is 11.2 Å². The van der Waals surface area contributed by atoms with Crippen molar-refractivity contribution in [1.29, 1.82) is 0 Å². The maximum absolute atomic E-state index is 12.7. The summed E-state index contributed by atoms with van der Waals surface area (Å²) in [6, 6.07) is 19.8. The van der Waals surface area contributed by atoms with E-state index >= 15 is 0 Å². The molecule has 0 spiro atoms. The highest BCUT2D eigenvalue weighted by Crippen LogP contribution is 2.30. The minimum Gasteiger partial charge on any atom is -0.306 e. The van der Waals surface area contributed by atoms with Gasteiger partial charge in [-0.05, 0) is 42.5 Å². The van der Waals surface area contributed by atoms with Crippen molar-refractivity contribution in [3.05, 3.63) is 88.5 Å². The Labute approximate surface area is 160 Å². The van der Waals surface area contributed by atoms with Crippen LogP contribution in [0, 0.1) is 0 Å². The molecule has 0 aliphatic carbocycles. The van der Waals surface area contributed by atoms with Crippen LogP contribution in [0.5, 0.6) is 0 Å². The van der Waals surface area contributed by atoms with E-state index in [1.54, 1.807) is 36.4 Å². The molecule has 128 valence electrons. The second-order valence-electron chi connectivity index (χ2n) is 5.71. The summed E-state index contributed by atoms with van der Waals surface area (Å²) in [6.45, 7) is 0. The highest BCUT2D eigenvalue weighted by molar-refractivity contribution is 6.31. The van der Waals surface area contributed by atoms with E-state index in [1.165, 1.54) is 0 Å². The first-order valence-corrected chi connectivity index (χ1v) is 8.67. The van der Waals surface area contributed by atoms with Crippen LogP contribution in [0.4, 0.5) is 5.82 Å². The van der Waals surface area contributed by atoms with E-state index in [-0.39, 0.29) is 5.91 Å². The zero-order chi connectivity index (χ0) is 18.1. The number of nitrogens with one attached hydrogen (secondary N) is 1. The maximum Gasteiger partial charge on any atom is 0.256 e. The topological polar surface area (TPSA) is 46.4 Å². The molecule has 0 radical (unpaired) electrons. The summed E-state index contributed by atoms with van der Waals surface area (Å²) >= 11 is 12.0. The Bertz CT molecular complexity index is 1100. The third-order valence-corrected chi connectivity index (χ3v) is 4.45. The Morgan fingerprint density at radius 3 is 2.50 bits per heavy atom. The smallest absolute Gasteiger partial charge is 0.256 e. The van der Waals surface area contributed by atoms with Crippen LogP contribution in [0.25, 0.3) is 16.9 Å². The van der Waals surface area contributed by atoms with Crippen molar-refractivity contribution in [2.45, 2.75) is 0 Å². The molecule has 0 atom stereocenters. The van der Waals surface area contributed by atoms with Gasteiger partial charge in [0.25, 0.3) is 5.91 Å². The second kappa shape index (κ2) is 6.83. The first-order valence-electron chi connectivity index (χ1n) is 7.92. The SMILES string of the molecule is O=C(Nc1c(-c2ccc(Cl)cc2)nc2ccccn12)c1cccc(Cl)c1. The van der Waals surface area contributed by atoms with Crippen molar-refractivity contribution in [2.24, 2.45) is 0 Å². The van der Waals surface area contributed by atoms with Crippen LogP contribution in [-0.2, 0) is 0 Å². The number of benzene rings is 2. The van der Waals surface area contributed by atoms with E-state index in [4.69, 9.17) is 23.2 Å². The summed E-state index contributed by atoms with van der Waals surface area (Å²) in [6.07, 6.45) is 1.86. The van der Waals surface area contributed by atoms with E-state index in [9.17, 15) is 4.79 Å². The lowest BCUT2D eigenvalue weighted by atomic mass is 10.1. The summed E-state index contributed by atoms with van der Waals surface area (Å²) in [7, 11) is 0. The average Bonchev–Trinajstić information content (AvgIpc) is 3.01. The number of carbonyl (C=O) groups excluding carboxylic acids is 1. The molecule has 2 aromatic heterocycles. The van der Waals surface area contributed by atoms with Gasteiger partial charge in [0.2, 0.25) is 0 Å². The molecule has 6 heteroatoms. The van der Waals surface area contributed by atoms with Crippen molar-refractivity contribution >= 4 is 40.6 Å². The number of anilines is 1. The first-order chi connectivity index (χ1) is 12.6. The zero-order valence-electron chi connectivity index (χ0n) is 13.5. The van der Waals surface area contributed by atoms with Gasteiger partial charge >= 0.3 is 0 Å². The van der Waals surface area contributed by atoms with Gasteiger partial charge in [-0.1, -0.05) is 47.5 Å². The molecule has 1 amide bonds. The van der Waals surface area contributed by atoms with Gasteiger partial charge in [0.1, 0.15) is 17.2 Å².